The van der Waals surface area contributed by atoms with Gasteiger partial charge in [0.15, 0.2) is 0 Å². The Kier molecular flexibility index (Phi) is 4.75. The molecule has 36 heavy (non-hydrogen) atoms. The normalized spacial score (nSPS) is 26.5. The van der Waals surface area contributed by atoms with E-state index < -0.39 is 11.4 Å². The van der Waals surface area contributed by atoms with E-state index in [1.807, 2.05) is 36.4 Å². The summed E-state index contributed by atoms with van der Waals surface area (Å²) in [4.78, 5) is 0. The van der Waals surface area contributed by atoms with Gasteiger partial charge in [-0.3, -0.25) is 0 Å². The van der Waals surface area contributed by atoms with Crippen molar-refractivity contribution in [3.8, 4) is 0 Å². The van der Waals surface area contributed by atoms with Crippen LogP contribution in [-0.4, -0.2) is 5.11 Å². The van der Waals surface area contributed by atoms with Crippen LogP contribution in [0.25, 0.3) is 16.8 Å². The van der Waals surface area contributed by atoms with Crippen molar-refractivity contribution in [2.75, 3.05) is 0 Å². The Balaban J connectivity index is 1.59. The lowest BCUT2D eigenvalue weighted by Gasteiger charge is -2.37. The van der Waals surface area contributed by atoms with Crippen molar-refractivity contribution in [1.29, 1.82) is 0 Å². The summed E-state index contributed by atoms with van der Waals surface area (Å²) in [6.45, 7) is 0. The van der Waals surface area contributed by atoms with Gasteiger partial charge in [-0.15, -0.1) is 0 Å². The average molecular weight is 467 g/mol. The van der Waals surface area contributed by atoms with Crippen LogP contribution < -0.4 is 0 Å². The summed E-state index contributed by atoms with van der Waals surface area (Å²) in [7, 11) is 0. The van der Waals surface area contributed by atoms with E-state index in [9.17, 15) is 5.11 Å². The molecule has 0 amide bonds. The van der Waals surface area contributed by atoms with E-state index in [2.05, 4.69) is 103 Å². The van der Waals surface area contributed by atoms with E-state index in [1.165, 1.54) is 0 Å². The maximum atomic E-state index is 12.7. The van der Waals surface area contributed by atoms with Crippen molar-refractivity contribution in [2.45, 2.75) is 17.3 Å². The largest absolute Gasteiger partial charge is 0.361 e. The predicted molar refractivity (Wildman–Crippen MR) is 144 cm³/mol. The quantitative estimate of drug-likeness (QED) is 0.300. The second-order valence-electron chi connectivity index (χ2n) is 9.78. The smallest absolute Gasteiger partial charge is 0.201 e. The molecular weight excluding hydrogens is 440 g/mol. The van der Waals surface area contributed by atoms with Gasteiger partial charge >= 0.3 is 0 Å². The Morgan fingerprint density at radius 3 is 2.06 bits per heavy atom. The molecule has 0 spiro atoms. The van der Waals surface area contributed by atoms with E-state index in [0.29, 0.717) is 0 Å². The topological polar surface area (TPSA) is 29.5 Å². The second-order valence-corrected chi connectivity index (χ2v) is 9.78. The molecule has 0 aromatic heterocycles. The fourth-order valence-electron chi connectivity index (χ4n) is 6.45. The molecule has 4 atom stereocenters. The van der Waals surface area contributed by atoms with E-state index in [-0.39, 0.29) is 11.8 Å². The first-order chi connectivity index (χ1) is 17.7. The highest BCUT2D eigenvalue weighted by atomic mass is 16.6. The Hall–Kier alpha value is -3.98. The molecular formula is C34H26O2. The number of benzene rings is 5. The van der Waals surface area contributed by atoms with Gasteiger partial charge in [-0.25, -0.2) is 0 Å². The zero-order chi connectivity index (χ0) is 24.2. The molecule has 1 aliphatic carbocycles. The molecule has 2 heteroatoms. The molecule has 174 valence electrons. The van der Waals surface area contributed by atoms with Crippen molar-refractivity contribution in [3.63, 3.8) is 0 Å². The van der Waals surface area contributed by atoms with Crippen molar-refractivity contribution >= 4 is 16.8 Å². The molecule has 1 aliphatic heterocycles. The highest BCUT2D eigenvalue weighted by molar-refractivity contribution is 5.87. The lowest BCUT2D eigenvalue weighted by Crippen LogP contribution is -2.36. The summed E-state index contributed by atoms with van der Waals surface area (Å²) in [6, 6.07) is 43.5. The summed E-state index contributed by atoms with van der Waals surface area (Å²) in [5, 5.41) is 15.0. The van der Waals surface area contributed by atoms with E-state index in [0.717, 1.165) is 38.6 Å². The zero-order valence-corrected chi connectivity index (χ0v) is 19.8. The van der Waals surface area contributed by atoms with Crippen LogP contribution in [0.3, 0.4) is 0 Å². The summed E-state index contributed by atoms with van der Waals surface area (Å²) in [6.07, 6.45) is 4.45. The standard InChI is InChI=1S/C34H26O2/c35-34(27-17-5-2-6-18-27)32-29-20-10-8-13-25(29)22-23-31(32)33(36-34,26-15-3-1-4-16-26)30-21-11-14-24-12-7-9-19-28(24)30/h1-23,31-32,35H/t31-,32-,33+,34+/m0/s1. The summed E-state index contributed by atoms with van der Waals surface area (Å²) >= 11 is 0. The summed E-state index contributed by atoms with van der Waals surface area (Å²) in [5.41, 5.74) is 4.20. The van der Waals surface area contributed by atoms with Gasteiger partial charge in [-0.1, -0.05) is 140 Å². The van der Waals surface area contributed by atoms with Crippen LogP contribution in [0.4, 0.5) is 0 Å². The lowest BCUT2D eigenvalue weighted by molar-refractivity contribution is -0.231. The first-order valence-corrected chi connectivity index (χ1v) is 12.5. The van der Waals surface area contributed by atoms with Gasteiger partial charge in [-0.2, -0.15) is 0 Å². The number of hydrogen-bond donors (Lipinski definition) is 1. The molecule has 0 bridgehead atoms. The summed E-state index contributed by atoms with van der Waals surface area (Å²) in [5.74, 6) is -1.95. The van der Waals surface area contributed by atoms with Crippen molar-refractivity contribution in [2.24, 2.45) is 5.92 Å². The van der Waals surface area contributed by atoms with Crippen LogP contribution in [0.15, 0.2) is 133 Å². The minimum Gasteiger partial charge on any atom is -0.361 e. The zero-order valence-electron chi connectivity index (χ0n) is 19.8. The Morgan fingerprint density at radius 2 is 1.25 bits per heavy atom. The van der Waals surface area contributed by atoms with E-state index in [1.54, 1.807) is 0 Å². The molecule has 1 N–H and O–H groups in total. The van der Waals surface area contributed by atoms with Gasteiger partial charge in [0.1, 0.15) is 5.60 Å². The number of rotatable bonds is 3. The SMILES string of the molecule is O[C@]1(c2ccccc2)O[C@](c2ccccc2)(c2cccc3ccccc23)[C@H]2C=Cc3ccccc3[C@@H]21. The van der Waals surface area contributed by atoms with Crippen LogP contribution in [-0.2, 0) is 16.1 Å². The van der Waals surface area contributed by atoms with Gasteiger partial charge in [0.25, 0.3) is 0 Å². The van der Waals surface area contributed by atoms with Gasteiger partial charge in [0, 0.05) is 11.5 Å². The third-order valence-electron chi connectivity index (χ3n) is 7.96. The Labute approximate surface area is 211 Å². The van der Waals surface area contributed by atoms with E-state index >= 15 is 0 Å². The Morgan fingerprint density at radius 1 is 0.611 bits per heavy atom. The summed E-state index contributed by atoms with van der Waals surface area (Å²) < 4.78 is 7.21. The minimum absolute atomic E-state index is 0.134. The van der Waals surface area contributed by atoms with Crippen molar-refractivity contribution in [3.05, 3.63) is 161 Å². The highest BCUT2D eigenvalue weighted by Gasteiger charge is 2.64. The van der Waals surface area contributed by atoms with Gasteiger partial charge in [-0.05, 0) is 33.0 Å². The molecule has 7 rings (SSSR count). The van der Waals surface area contributed by atoms with Crippen LogP contribution in [0, 0.1) is 5.92 Å². The first kappa shape index (κ1) is 21.3. The number of ether oxygens (including phenoxy) is 1. The number of fused-ring (bicyclic) bond motifs is 4. The van der Waals surface area contributed by atoms with Crippen LogP contribution in [0.2, 0.25) is 0 Å². The molecule has 1 heterocycles. The molecule has 1 fully saturated rings. The fraction of sp³-hybridized carbons (Fsp3) is 0.118. The van der Waals surface area contributed by atoms with Gasteiger partial charge in [0.05, 0.1) is 5.92 Å². The first-order valence-electron chi connectivity index (χ1n) is 12.5. The molecule has 0 unspecified atom stereocenters. The second kappa shape index (κ2) is 8.03. The molecule has 5 aromatic rings. The maximum Gasteiger partial charge on any atom is 0.201 e. The van der Waals surface area contributed by atoms with Crippen molar-refractivity contribution in [1.82, 2.24) is 0 Å². The van der Waals surface area contributed by atoms with Gasteiger partial charge in [0.2, 0.25) is 5.79 Å². The maximum absolute atomic E-state index is 12.7. The Bertz CT molecular complexity index is 1580. The molecule has 2 nitrogen and oxygen atoms in total. The molecule has 1 saturated heterocycles. The molecule has 2 aliphatic rings. The predicted octanol–water partition coefficient (Wildman–Crippen LogP) is 7.39. The average Bonchev–Trinajstić information content (AvgIpc) is 3.24. The fourth-order valence-corrected chi connectivity index (χ4v) is 6.45. The van der Waals surface area contributed by atoms with Crippen molar-refractivity contribution < 1.29 is 9.84 Å². The molecule has 5 aromatic carbocycles. The van der Waals surface area contributed by atoms with Gasteiger partial charge < -0.3 is 9.84 Å². The highest BCUT2D eigenvalue weighted by Crippen LogP contribution is 2.64. The lowest BCUT2D eigenvalue weighted by atomic mass is 9.65. The minimum atomic E-state index is -1.53. The molecule has 0 saturated carbocycles. The van der Waals surface area contributed by atoms with E-state index in [4.69, 9.17) is 4.74 Å². The van der Waals surface area contributed by atoms with Crippen LogP contribution in [0.1, 0.15) is 33.7 Å². The number of aliphatic hydroxyl groups is 1. The third kappa shape index (κ3) is 2.92. The number of hydrogen-bond acceptors (Lipinski definition) is 2. The molecule has 0 radical (unpaired) electrons. The van der Waals surface area contributed by atoms with Crippen LogP contribution >= 0.6 is 0 Å². The third-order valence-corrected chi connectivity index (χ3v) is 7.96. The van der Waals surface area contributed by atoms with Crippen LogP contribution in [0.5, 0.6) is 0 Å². The monoisotopic (exact) mass is 466 g/mol.